The summed E-state index contributed by atoms with van der Waals surface area (Å²) in [5.41, 5.74) is 8.65. The standard InChI is InChI=1S/C20H20N4O/c1-25-18-11-6-10-17(14-18)24(20(21)22)19-12-5-9-16(23-19)13-15-7-3-2-4-8-15/h2-12,14H,13H2,1H3,(H3,21,22). The third-order valence-corrected chi connectivity index (χ3v) is 3.80. The lowest BCUT2D eigenvalue weighted by atomic mass is 10.1. The van der Waals surface area contributed by atoms with Gasteiger partial charge in [0.15, 0.2) is 5.96 Å². The molecule has 0 aliphatic heterocycles. The van der Waals surface area contributed by atoms with E-state index in [9.17, 15) is 0 Å². The lowest BCUT2D eigenvalue weighted by Crippen LogP contribution is -2.33. The average molecular weight is 332 g/mol. The minimum Gasteiger partial charge on any atom is -0.497 e. The number of aromatic nitrogens is 1. The van der Waals surface area contributed by atoms with Crippen LogP contribution >= 0.6 is 0 Å². The molecule has 0 saturated heterocycles. The smallest absolute Gasteiger partial charge is 0.198 e. The van der Waals surface area contributed by atoms with Gasteiger partial charge in [-0.25, -0.2) is 4.98 Å². The molecule has 3 rings (SSSR count). The van der Waals surface area contributed by atoms with Crippen LogP contribution in [0.25, 0.3) is 0 Å². The number of benzene rings is 2. The van der Waals surface area contributed by atoms with Gasteiger partial charge in [0.25, 0.3) is 0 Å². The zero-order chi connectivity index (χ0) is 17.6. The zero-order valence-corrected chi connectivity index (χ0v) is 14.0. The van der Waals surface area contributed by atoms with Gasteiger partial charge in [0, 0.05) is 18.2 Å². The van der Waals surface area contributed by atoms with E-state index >= 15 is 0 Å². The Morgan fingerprint density at radius 2 is 1.80 bits per heavy atom. The lowest BCUT2D eigenvalue weighted by Gasteiger charge is -2.22. The molecule has 0 unspecified atom stereocenters. The second-order valence-corrected chi connectivity index (χ2v) is 5.57. The van der Waals surface area contributed by atoms with Crippen LogP contribution in [0.3, 0.4) is 0 Å². The number of ether oxygens (including phenoxy) is 1. The Morgan fingerprint density at radius 1 is 1.04 bits per heavy atom. The number of hydrogen-bond acceptors (Lipinski definition) is 3. The molecule has 0 fully saturated rings. The molecule has 0 saturated carbocycles. The molecule has 0 bridgehead atoms. The van der Waals surface area contributed by atoms with Crippen LogP contribution in [0.4, 0.5) is 11.5 Å². The number of methoxy groups -OCH3 is 1. The molecule has 5 heteroatoms. The maximum Gasteiger partial charge on any atom is 0.198 e. The summed E-state index contributed by atoms with van der Waals surface area (Å²) in [5, 5.41) is 7.97. The molecule has 0 spiro atoms. The van der Waals surface area contributed by atoms with Crippen molar-refractivity contribution in [3.63, 3.8) is 0 Å². The lowest BCUT2D eigenvalue weighted by molar-refractivity contribution is 0.415. The number of rotatable bonds is 5. The van der Waals surface area contributed by atoms with Gasteiger partial charge in [0.2, 0.25) is 0 Å². The first kappa shape index (κ1) is 16.5. The van der Waals surface area contributed by atoms with Gasteiger partial charge in [-0.15, -0.1) is 0 Å². The monoisotopic (exact) mass is 332 g/mol. The third kappa shape index (κ3) is 3.95. The van der Waals surface area contributed by atoms with Crippen molar-refractivity contribution in [2.45, 2.75) is 6.42 Å². The van der Waals surface area contributed by atoms with Crippen molar-refractivity contribution >= 4 is 17.5 Å². The molecule has 0 radical (unpaired) electrons. The summed E-state index contributed by atoms with van der Waals surface area (Å²) in [7, 11) is 1.61. The first-order chi connectivity index (χ1) is 12.2. The summed E-state index contributed by atoms with van der Waals surface area (Å²) in [6, 6.07) is 23.3. The first-order valence-corrected chi connectivity index (χ1v) is 7.95. The number of hydrogen-bond donors (Lipinski definition) is 2. The first-order valence-electron chi connectivity index (χ1n) is 7.95. The highest BCUT2D eigenvalue weighted by molar-refractivity contribution is 5.99. The molecule has 0 atom stereocenters. The predicted molar refractivity (Wildman–Crippen MR) is 101 cm³/mol. The van der Waals surface area contributed by atoms with E-state index in [1.54, 1.807) is 12.0 Å². The number of pyridine rings is 1. The van der Waals surface area contributed by atoms with Gasteiger partial charge in [-0.05, 0) is 29.8 Å². The maximum absolute atomic E-state index is 7.97. The normalized spacial score (nSPS) is 10.3. The summed E-state index contributed by atoms with van der Waals surface area (Å²) in [5.74, 6) is 1.20. The largest absolute Gasteiger partial charge is 0.497 e. The number of nitrogens with two attached hydrogens (primary N) is 1. The highest BCUT2D eigenvalue weighted by atomic mass is 16.5. The Morgan fingerprint density at radius 3 is 2.52 bits per heavy atom. The van der Waals surface area contributed by atoms with Crippen molar-refractivity contribution in [2.24, 2.45) is 5.73 Å². The van der Waals surface area contributed by atoms with Crippen LogP contribution < -0.4 is 15.4 Å². The van der Waals surface area contributed by atoms with Gasteiger partial charge >= 0.3 is 0 Å². The highest BCUT2D eigenvalue weighted by Gasteiger charge is 2.15. The molecular weight excluding hydrogens is 312 g/mol. The minimum atomic E-state index is -0.0994. The summed E-state index contributed by atoms with van der Waals surface area (Å²) in [4.78, 5) is 6.28. The number of guanidine groups is 1. The summed E-state index contributed by atoms with van der Waals surface area (Å²) >= 11 is 0. The van der Waals surface area contributed by atoms with Crippen molar-refractivity contribution in [1.82, 2.24) is 4.98 Å². The van der Waals surface area contributed by atoms with E-state index in [1.807, 2.05) is 60.7 Å². The Bertz CT molecular complexity index is 864. The van der Waals surface area contributed by atoms with Crippen LogP contribution in [-0.4, -0.2) is 18.1 Å². The van der Waals surface area contributed by atoms with Crippen molar-refractivity contribution in [2.75, 3.05) is 12.0 Å². The van der Waals surface area contributed by atoms with Crippen LogP contribution in [0.5, 0.6) is 5.75 Å². The van der Waals surface area contributed by atoms with Gasteiger partial charge in [-0.1, -0.05) is 42.5 Å². The zero-order valence-electron chi connectivity index (χ0n) is 14.0. The molecule has 0 aliphatic rings. The van der Waals surface area contributed by atoms with Crippen LogP contribution in [0.15, 0.2) is 72.8 Å². The van der Waals surface area contributed by atoms with Gasteiger partial charge in [-0.2, -0.15) is 0 Å². The quantitative estimate of drug-likeness (QED) is 0.552. The molecule has 3 aromatic rings. The molecule has 25 heavy (non-hydrogen) atoms. The van der Waals surface area contributed by atoms with E-state index in [4.69, 9.17) is 15.9 Å². The SMILES string of the molecule is COc1cccc(N(C(=N)N)c2cccc(Cc3ccccc3)n2)c1. The molecule has 1 heterocycles. The highest BCUT2D eigenvalue weighted by Crippen LogP contribution is 2.27. The van der Waals surface area contributed by atoms with E-state index in [2.05, 4.69) is 17.1 Å². The van der Waals surface area contributed by atoms with Crippen molar-refractivity contribution in [1.29, 1.82) is 5.41 Å². The topological polar surface area (TPSA) is 75.2 Å². The Hall–Kier alpha value is -3.34. The van der Waals surface area contributed by atoms with E-state index in [1.165, 1.54) is 5.56 Å². The Labute approximate surface area is 147 Å². The Kier molecular flexibility index (Phi) is 4.95. The summed E-state index contributed by atoms with van der Waals surface area (Å²) in [6.07, 6.45) is 0.721. The average Bonchev–Trinajstić information content (AvgIpc) is 2.63. The van der Waals surface area contributed by atoms with E-state index < -0.39 is 0 Å². The molecule has 2 aromatic carbocycles. The number of nitrogens with one attached hydrogen (secondary N) is 1. The van der Waals surface area contributed by atoms with Crippen molar-refractivity contribution in [3.05, 3.63) is 84.1 Å². The maximum atomic E-state index is 7.97. The van der Waals surface area contributed by atoms with Gasteiger partial charge in [-0.3, -0.25) is 10.3 Å². The van der Waals surface area contributed by atoms with Gasteiger partial charge in [0.1, 0.15) is 11.6 Å². The fraction of sp³-hybridized carbons (Fsp3) is 0.100. The van der Waals surface area contributed by atoms with E-state index in [-0.39, 0.29) is 5.96 Å². The van der Waals surface area contributed by atoms with Gasteiger partial charge < -0.3 is 10.5 Å². The molecule has 1 aromatic heterocycles. The fourth-order valence-electron chi connectivity index (χ4n) is 2.64. The third-order valence-electron chi connectivity index (χ3n) is 3.80. The molecule has 3 N–H and O–H groups in total. The Balaban J connectivity index is 1.94. The molecule has 126 valence electrons. The van der Waals surface area contributed by atoms with Crippen molar-refractivity contribution < 1.29 is 4.74 Å². The van der Waals surface area contributed by atoms with Crippen LogP contribution in [0.2, 0.25) is 0 Å². The minimum absolute atomic E-state index is 0.0994. The predicted octanol–water partition coefficient (Wildman–Crippen LogP) is 3.71. The second kappa shape index (κ2) is 7.49. The summed E-state index contributed by atoms with van der Waals surface area (Å²) in [6.45, 7) is 0. The van der Waals surface area contributed by atoms with Crippen LogP contribution in [0.1, 0.15) is 11.3 Å². The molecule has 5 nitrogen and oxygen atoms in total. The fourth-order valence-corrected chi connectivity index (χ4v) is 2.64. The molecule has 0 aliphatic carbocycles. The summed E-state index contributed by atoms with van der Waals surface area (Å²) < 4.78 is 5.26. The van der Waals surface area contributed by atoms with Crippen LogP contribution in [-0.2, 0) is 6.42 Å². The number of anilines is 2. The van der Waals surface area contributed by atoms with E-state index in [0.29, 0.717) is 11.6 Å². The number of nitrogens with zero attached hydrogens (tertiary/aromatic N) is 2. The second-order valence-electron chi connectivity index (χ2n) is 5.57. The molecular formula is C20H20N4O. The van der Waals surface area contributed by atoms with Crippen molar-refractivity contribution in [3.8, 4) is 5.75 Å². The van der Waals surface area contributed by atoms with Crippen LogP contribution in [0, 0.1) is 5.41 Å². The van der Waals surface area contributed by atoms with E-state index in [0.717, 1.165) is 17.8 Å². The van der Waals surface area contributed by atoms with Gasteiger partial charge in [0.05, 0.1) is 12.8 Å². The molecule has 0 amide bonds.